The van der Waals surface area contributed by atoms with Gasteiger partial charge in [-0.25, -0.2) is 13.8 Å². The first-order valence-corrected chi connectivity index (χ1v) is 7.64. The fraction of sp³-hybridized carbons (Fsp3) is 0.312. The van der Waals surface area contributed by atoms with E-state index in [1.165, 1.54) is 0 Å². The molecule has 1 atom stereocenters. The van der Waals surface area contributed by atoms with Gasteiger partial charge < -0.3 is 21.1 Å². The summed E-state index contributed by atoms with van der Waals surface area (Å²) in [4.78, 5) is 4.17. The number of aliphatic hydroxyl groups excluding tert-OH is 1. The largest absolute Gasteiger partial charge is 0.420 e. The molecule has 1 saturated carbocycles. The molecule has 3 rings (SSSR count). The molecule has 0 aliphatic heterocycles. The zero-order chi connectivity index (χ0) is 19.2. The number of hydrogen-bond acceptors (Lipinski definition) is 4. The van der Waals surface area contributed by atoms with Crippen LogP contribution in [0.1, 0.15) is 24.7 Å². The predicted molar refractivity (Wildman–Crippen MR) is 84.4 cm³/mol. The summed E-state index contributed by atoms with van der Waals surface area (Å²) in [5.74, 6) is -2.04. The minimum absolute atomic E-state index is 0.00489. The maximum Gasteiger partial charge on any atom is 0.420 e. The lowest BCUT2D eigenvalue weighted by molar-refractivity contribution is -0.191. The highest BCUT2D eigenvalue weighted by atomic mass is 19.4. The number of alkyl halides is 3. The molecule has 0 saturated heterocycles. The molecule has 0 radical (unpaired) electrons. The lowest BCUT2D eigenvalue weighted by Gasteiger charge is -2.15. The number of imidazole rings is 1. The number of nitrogens with zero attached hydrogens (tertiary/aromatic N) is 2. The lowest BCUT2D eigenvalue weighted by atomic mass is 10.1. The summed E-state index contributed by atoms with van der Waals surface area (Å²) >= 11 is 0. The molecule has 5 nitrogen and oxygen atoms in total. The van der Waals surface area contributed by atoms with Crippen molar-refractivity contribution in [1.82, 2.24) is 9.55 Å². The van der Waals surface area contributed by atoms with Crippen LogP contribution in [-0.4, -0.2) is 26.9 Å². The van der Waals surface area contributed by atoms with Crippen LogP contribution in [0.4, 0.5) is 22.0 Å². The molecule has 10 heteroatoms. The van der Waals surface area contributed by atoms with Gasteiger partial charge in [0.15, 0.2) is 17.7 Å². The second-order valence-electron chi connectivity index (χ2n) is 6.00. The Kier molecular flexibility index (Phi) is 4.39. The Morgan fingerprint density at radius 2 is 1.88 bits per heavy atom. The van der Waals surface area contributed by atoms with Gasteiger partial charge in [-0.3, -0.25) is 0 Å². The van der Waals surface area contributed by atoms with Gasteiger partial charge in [0.1, 0.15) is 5.82 Å². The van der Waals surface area contributed by atoms with E-state index in [-0.39, 0.29) is 23.0 Å². The van der Waals surface area contributed by atoms with E-state index in [1.54, 1.807) is 4.57 Å². The Morgan fingerprint density at radius 1 is 1.27 bits per heavy atom. The molecule has 0 bridgehead atoms. The van der Waals surface area contributed by atoms with Crippen LogP contribution in [-0.2, 0) is 0 Å². The molecular formula is C16H15F5N4O. The van der Waals surface area contributed by atoms with E-state index in [2.05, 4.69) is 4.98 Å². The topological polar surface area (TPSA) is 90.1 Å². The molecule has 2 aromatic rings. The zero-order valence-corrected chi connectivity index (χ0v) is 13.3. The third-order valence-corrected chi connectivity index (χ3v) is 4.03. The van der Waals surface area contributed by atoms with Crippen LogP contribution in [0, 0.1) is 11.6 Å². The second-order valence-corrected chi connectivity index (χ2v) is 6.00. The van der Waals surface area contributed by atoms with E-state index in [4.69, 9.17) is 11.5 Å². The van der Waals surface area contributed by atoms with Crippen molar-refractivity contribution in [2.45, 2.75) is 31.2 Å². The highest BCUT2D eigenvalue weighted by Crippen LogP contribution is 2.40. The molecule has 1 fully saturated rings. The van der Waals surface area contributed by atoms with Crippen molar-refractivity contribution in [3.63, 3.8) is 0 Å². The van der Waals surface area contributed by atoms with Crippen LogP contribution in [0.5, 0.6) is 0 Å². The summed E-state index contributed by atoms with van der Waals surface area (Å²) in [6.45, 7) is 0. The summed E-state index contributed by atoms with van der Waals surface area (Å²) in [5, 5.41) is 9.24. The quantitative estimate of drug-likeness (QED) is 0.567. The minimum Gasteiger partial charge on any atom is -0.404 e. The Balaban J connectivity index is 2.12. The molecule has 1 heterocycles. The molecule has 1 aliphatic carbocycles. The van der Waals surface area contributed by atoms with E-state index in [0.717, 1.165) is 37.3 Å². The van der Waals surface area contributed by atoms with Gasteiger partial charge in [-0.2, -0.15) is 13.2 Å². The van der Waals surface area contributed by atoms with Crippen LogP contribution >= 0.6 is 0 Å². The first-order valence-electron chi connectivity index (χ1n) is 7.64. The molecular weight excluding hydrogens is 359 g/mol. The zero-order valence-electron chi connectivity index (χ0n) is 13.3. The molecule has 5 N–H and O–H groups in total. The van der Waals surface area contributed by atoms with Crippen molar-refractivity contribution < 1.29 is 27.1 Å². The number of allylic oxidation sites excluding steroid dienone is 2. The number of aliphatic hydroxyl groups is 1. The van der Waals surface area contributed by atoms with Crippen LogP contribution in [0.25, 0.3) is 16.6 Å². The van der Waals surface area contributed by atoms with Gasteiger partial charge in [0.25, 0.3) is 0 Å². The van der Waals surface area contributed by atoms with Gasteiger partial charge >= 0.3 is 6.18 Å². The summed E-state index contributed by atoms with van der Waals surface area (Å²) in [5.41, 5.74) is 10.4. The Bertz CT molecular complexity index is 911. The number of aromatic nitrogens is 2. The van der Waals surface area contributed by atoms with Crippen molar-refractivity contribution in [2.24, 2.45) is 11.5 Å². The van der Waals surface area contributed by atoms with Crippen LogP contribution in [0.2, 0.25) is 0 Å². The van der Waals surface area contributed by atoms with Crippen LogP contribution in [0.15, 0.2) is 30.1 Å². The molecule has 0 spiro atoms. The number of halogens is 5. The summed E-state index contributed by atoms with van der Waals surface area (Å²) in [6.07, 6.45) is -4.48. The summed E-state index contributed by atoms with van der Waals surface area (Å²) < 4.78 is 66.5. The standard InChI is InChI=1S/C16H15F5N4O/c17-9-4-12-13(5-10(9)18)25(8-1-2-8)15(24-12)7(6-22)3-11(23)14(26)16(19,20)21/h3-6,8,14,26H,1-2,22-23H2/b7-6+,11-3-. The number of fused-ring (bicyclic) bond motifs is 1. The monoisotopic (exact) mass is 374 g/mol. The maximum atomic E-state index is 13.6. The smallest absolute Gasteiger partial charge is 0.404 e. The van der Waals surface area contributed by atoms with Gasteiger partial charge in [-0.1, -0.05) is 0 Å². The van der Waals surface area contributed by atoms with E-state index in [0.29, 0.717) is 5.52 Å². The number of benzene rings is 1. The van der Waals surface area contributed by atoms with Gasteiger partial charge in [-0.15, -0.1) is 0 Å². The SMILES string of the molecule is N/C=C(\C=C(/N)C(O)C(F)(F)F)c1nc2cc(F)c(F)cc2n1C1CC1. The van der Waals surface area contributed by atoms with E-state index < -0.39 is 29.6 Å². The lowest BCUT2D eigenvalue weighted by Crippen LogP contribution is -2.33. The highest BCUT2D eigenvalue weighted by Gasteiger charge is 2.40. The van der Waals surface area contributed by atoms with Crippen LogP contribution in [0.3, 0.4) is 0 Å². The molecule has 140 valence electrons. The fourth-order valence-electron chi connectivity index (χ4n) is 2.63. The molecule has 0 amide bonds. The predicted octanol–water partition coefficient (Wildman–Crippen LogP) is 2.71. The Morgan fingerprint density at radius 3 is 2.42 bits per heavy atom. The molecule has 1 aromatic heterocycles. The molecule has 1 aliphatic rings. The second kappa shape index (κ2) is 6.27. The van der Waals surface area contributed by atoms with E-state index in [1.807, 2.05) is 0 Å². The molecule has 1 unspecified atom stereocenters. The van der Waals surface area contributed by atoms with Gasteiger partial charge in [0.2, 0.25) is 0 Å². The minimum atomic E-state index is -4.94. The van der Waals surface area contributed by atoms with E-state index >= 15 is 0 Å². The van der Waals surface area contributed by atoms with Gasteiger partial charge in [0, 0.05) is 35.6 Å². The van der Waals surface area contributed by atoms with Gasteiger partial charge in [0.05, 0.1) is 11.0 Å². The van der Waals surface area contributed by atoms with Crippen molar-refractivity contribution in [3.05, 3.63) is 47.6 Å². The highest BCUT2D eigenvalue weighted by molar-refractivity contribution is 5.83. The Hall–Kier alpha value is -2.62. The van der Waals surface area contributed by atoms with Crippen molar-refractivity contribution in [1.29, 1.82) is 0 Å². The molecule has 26 heavy (non-hydrogen) atoms. The first kappa shape index (κ1) is 18.2. The Labute approximate surface area is 144 Å². The fourth-order valence-corrected chi connectivity index (χ4v) is 2.63. The summed E-state index contributed by atoms with van der Waals surface area (Å²) in [6, 6.07) is 1.82. The maximum absolute atomic E-state index is 13.6. The third kappa shape index (κ3) is 3.24. The van der Waals surface area contributed by atoms with Crippen molar-refractivity contribution in [3.8, 4) is 0 Å². The first-order chi connectivity index (χ1) is 12.1. The summed E-state index contributed by atoms with van der Waals surface area (Å²) in [7, 11) is 0. The average Bonchev–Trinajstić information content (AvgIpc) is 3.33. The number of rotatable bonds is 4. The number of nitrogens with two attached hydrogens (primary N) is 2. The van der Waals surface area contributed by atoms with Gasteiger partial charge in [-0.05, 0) is 18.9 Å². The van der Waals surface area contributed by atoms with Crippen molar-refractivity contribution in [2.75, 3.05) is 0 Å². The average molecular weight is 374 g/mol. The molecule has 1 aromatic carbocycles. The normalized spacial score (nSPS) is 17.8. The van der Waals surface area contributed by atoms with Crippen LogP contribution < -0.4 is 11.5 Å². The van der Waals surface area contributed by atoms with Crippen molar-refractivity contribution >= 4 is 16.6 Å². The van der Waals surface area contributed by atoms with E-state index in [9.17, 15) is 27.1 Å². The third-order valence-electron chi connectivity index (χ3n) is 4.03. The number of hydrogen-bond donors (Lipinski definition) is 3.